The first-order valence-corrected chi connectivity index (χ1v) is 9.88. The van der Waals surface area contributed by atoms with E-state index in [-0.39, 0.29) is 10.9 Å². The number of nitrogens with one attached hydrogen (secondary N) is 2. The number of hydrogen-bond acceptors (Lipinski definition) is 2. The van der Waals surface area contributed by atoms with Crippen LogP contribution < -0.4 is 10.9 Å². The predicted octanol–water partition coefficient (Wildman–Crippen LogP) is 5.32. The zero-order valence-corrected chi connectivity index (χ0v) is 16.7. The number of benzene rings is 3. The average Bonchev–Trinajstić information content (AvgIpc) is 2.79. The van der Waals surface area contributed by atoms with E-state index in [1.807, 2.05) is 74.5 Å². The first-order valence-electron chi connectivity index (χ1n) is 9.88. The van der Waals surface area contributed by atoms with Crippen molar-refractivity contribution in [3.63, 3.8) is 0 Å². The van der Waals surface area contributed by atoms with Crippen LogP contribution in [0.1, 0.15) is 11.1 Å². The van der Waals surface area contributed by atoms with Crippen LogP contribution in [0.5, 0.6) is 0 Å². The molecule has 5 rings (SSSR count). The molecule has 4 heteroatoms. The van der Waals surface area contributed by atoms with Crippen LogP contribution in [-0.2, 0) is 0 Å². The van der Waals surface area contributed by atoms with E-state index in [9.17, 15) is 9.59 Å². The lowest BCUT2D eigenvalue weighted by molar-refractivity contribution is 1.28. The van der Waals surface area contributed by atoms with Gasteiger partial charge in [-0.25, -0.2) is 0 Å². The Kier molecular flexibility index (Phi) is 4.14. The quantitative estimate of drug-likeness (QED) is 0.399. The van der Waals surface area contributed by atoms with Crippen LogP contribution in [0, 0.1) is 13.8 Å². The number of aromatic nitrogens is 2. The molecule has 2 N–H and O–H groups in total. The first kappa shape index (κ1) is 18.1. The van der Waals surface area contributed by atoms with E-state index in [0.717, 1.165) is 22.5 Å². The Bertz CT molecular complexity index is 1410. The van der Waals surface area contributed by atoms with Crippen LogP contribution in [0.4, 0.5) is 0 Å². The summed E-state index contributed by atoms with van der Waals surface area (Å²) < 4.78 is 0. The largest absolute Gasteiger partial charge is 0.354 e. The fourth-order valence-corrected chi connectivity index (χ4v) is 4.06. The second-order valence-electron chi connectivity index (χ2n) is 7.58. The van der Waals surface area contributed by atoms with Gasteiger partial charge in [0, 0.05) is 21.9 Å². The maximum atomic E-state index is 13.2. The van der Waals surface area contributed by atoms with Gasteiger partial charge in [0.15, 0.2) is 10.9 Å². The van der Waals surface area contributed by atoms with Gasteiger partial charge in [0.05, 0.1) is 22.4 Å². The molecule has 30 heavy (non-hydrogen) atoms. The SMILES string of the molecule is Cc1c(-c2ccccc2)[nH]c2cc3c(=O)c(C)c(-c4ccccc4)[nH]c3cc2c1=O. The standard InChI is InChI=1S/C26H20N2O2/c1-15-23(17-9-5-3-6-10-17)27-21-14-20-22(13-19(21)25(15)29)28-24(16(2)26(20)30)18-11-7-4-8-12-18/h3-14H,1-2H3,(H,27,29)(H,28,30). The molecule has 0 saturated carbocycles. The smallest absolute Gasteiger partial charge is 0.192 e. The Balaban J connectivity index is 1.84. The van der Waals surface area contributed by atoms with Crippen molar-refractivity contribution in [2.45, 2.75) is 13.8 Å². The molecule has 146 valence electrons. The lowest BCUT2D eigenvalue weighted by Crippen LogP contribution is -2.13. The fraction of sp³-hybridized carbons (Fsp3) is 0.0769. The molecule has 0 saturated heterocycles. The number of rotatable bonds is 2. The van der Waals surface area contributed by atoms with Gasteiger partial charge < -0.3 is 9.97 Å². The summed E-state index contributed by atoms with van der Waals surface area (Å²) in [7, 11) is 0. The van der Waals surface area contributed by atoms with Crippen LogP contribution in [-0.4, -0.2) is 9.97 Å². The second-order valence-corrected chi connectivity index (χ2v) is 7.58. The van der Waals surface area contributed by atoms with E-state index < -0.39 is 0 Å². The minimum Gasteiger partial charge on any atom is -0.354 e. The highest BCUT2D eigenvalue weighted by molar-refractivity contribution is 5.97. The normalized spacial score (nSPS) is 11.3. The van der Waals surface area contributed by atoms with Crippen LogP contribution in [0.15, 0.2) is 82.4 Å². The monoisotopic (exact) mass is 392 g/mol. The van der Waals surface area contributed by atoms with Crippen molar-refractivity contribution in [2.75, 3.05) is 0 Å². The van der Waals surface area contributed by atoms with E-state index >= 15 is 0 Å². The summed E-state index contributed by atoms with van der Waals surface area (Å²) in [6.07, 6.45) is 0. The molecule has 0 fully saturated rings. The summed E-state index contributed by atoms with van der Waals surface area (Å²) in [6.45, 7) is 3.66. The zero-order valence-electron chi connectivity index (χ0n) is 16.7. The van der Waals surface area contributed by atoms with E-state index in [2.05, 4.69) is 9.97 Å². The molecule has 0 aliphatic carbocycles. The predicted molar refractivity (Wildman–Crippen MR) is 123 cm³/mol. The van der Waals surface area contributed by atoms with Crippen LogP contribution >= 0.6 is 0 Å². The summed E-state index contributed by atoms with van der Waals surface area (Å²) in [5.74, 6) is 0. The molecular formula is C26H20N2O2. The molecule has 2 aromatic heterocycles. The third-order valence-corrected chi connectivity index (χ3v) is 5.72. The van der Waals surface area contributed by atoms with Crippen molar-refractivity contribution < 1.29 is 0 Å². The Morgan fingerprint density at radius 2 is 0.933 bits per heavy atom. The van der Waals surface area contributed by atoms with Crippen molar-refractivity contribution in [3.8, 4) is 22.5 Å². The van der Waals surface area contributed by atoms with Gasteiger partial charge in [-0.2, -0.15) is 0 Å². The first-order chi connectivity index (χ1) is 14.5. The van der Waals surface area contributed by atoms with Crippen LogP contribution in [0.2, 0.25) is 0 Å². The maximum Gasteiger partial charge on any atom is 0.192 e. The van der Waals surface area contributed by atoms with E-state index in [1.54, 1.807) is 12.1 Å². The molecule has 0 aliphatic rings. The topological polar surface area (TPSA) is 65.7 Å². The van der Waals surface area contributed by atoms with E-state index in [1.165, 1.54) is 0 Å². The summed E-state index contributed by atoms with van der Waals surface area (Å²) in [6, 6.07) is 23.1. The van der Waals surface area contributed by atoms with Gasteiger partial charge in [-0.1, -0.05) is 60.7 Å². The molecule has 0 radical (unpaired) electrons. The third kappa shape index (κ3) is 2.77. The minimum atomic E-state index is -0.0350. The summed E-state index contributed by atoms with van der Waals surface area (Å²) >= 11 is 0. The molecule has 5 aromatic rings. The number of hydrogen-bond donors (Lipinski definition) is 2. The van der Waals surface area contributed by atoms with Gasteiger partial charge >= 0.3 is 0 Å². The van der Waals surface area contributed by atoms with Gasteiger partial charge in [0.1, 0.15) is 0 Å². The van der Waals surface area contributed by atoms with Gasteiger partial charge in [-0.15, -0.1) is 0 Å². The average molecular weight is 392 g/mol. The van der Waals surface area contributed by atoms with Gasteiger partial charge in [0.25, 0.3) is 0 Å². The Morgan fingerprint density at radius 3 is 1.30 bits per heavy atom. The Morgan fingerprint density at radius 1 is 0.567 bits per heavy atom. The second kappa shape index (κ2) is 6.85. The number of fused-ring (bicyclic) bond motifs is 2. The third-order valence-electron chi connectivity index (χ3n) is 5.72. The highest BCUT2D eigenvalue weighted by atomic mass is 16.1. The van der Waals surface area contributed by atoms with E-state index in [4.69, 9.17) is 0 Å². The maximum absolute atomic E-state index is 13.2. The summed E-state index contributed by atoms with van der Waals surface area (Å²) in [4.78, 5) is 33.1. The molecule has 0 spiro atoms. The van der Waals surface area contributed by atoms with Crippen molar-refractivity contribution in [1.29, 1.82) is 0 Å². The summed E-state index contributed by atoms with van der Waals surface area (Å²) in [5, 5.41) is 1.14. The Labute approximate surface area is 172 Å². The molecule has 0 aliphatic heterocycles. The highest BCUT2D eigenvalue weighted by Crippen LogP contribution is 2.26. The molecule has 0 amide bonds. The number of H-pyrrole nitrogens is 2. The fourth-order valence-electron chi connectivity index (χ4n) is 4.06. The summed E-state index contributed by atoms with van der Waals surface area (Å²) in [5.41, 5.74) is 6.01. The van der Waals surface area contributed by atoms with Crippen molar-refractivity contribution >= 4 is 21.8 Å². The minimum absolute atomic E-state index is 0.0350. The number of aromatic amines is 2. The highest BCUT2D eigenvalue weighted by Gasteiger charge is 2.15. The molecule has 3 aromatic carbocycles. The molecule has 0 atom stereocenters. The molecule has 0 unspecified atom stereocenters. The van der Waals surface area contributed by atoms with Crippen LogP contribution in [0.3, 0.4) is 0 Å². The van der Waals surface area contributed by atoms with Crippen molar-refractivity contribution in [2.24, 2.45) is 0 Å². The van der Waals surface area contributed by atoms with Crippen molar-refractivity contribution in [3.05, 3.63) is 104 Å². The number of pyridine rings is 2. The molecule has 0 bridgehead atoms. The molecule has 4 nitrogen and oxygen atoms in total. The molecular weight excluding hydrogens is 372 g/mol. The lowest BCUT2D eigenvalue weighted by Gasteiger charge is -2.12. The lowest BCUT2D eigenvalue weighted by atomic mass is 10.0. The molecule has 2 heterocycles. The Hall–Kier alpha value is -3.92. The van der Waals surface area contributed by atoms with Crippen LogP contribution in [0.25, 0.3) is 44.3 Å². The van der Waals surface area contributed by atoms with Gasteiger partial charge in [-0.3, -0.25) is 9.59 Å². The van der Waals surface area contributed by atoms with Gasteiger partial charge in [-0.05, 0) is 37.1 Å². The van der Waals surface area contributed by atoms with Crippen molar-refractivity contribution in [1.82, 2.24) is 9.97 Å². The zero-order chi connectivity index (χ0) is 20.8. The van der Waals surface area contributed by atoms with E-state index in [0.29, 0.717) is 32.9 Å². The van der Waals surface area contributed by atoms with Gasteiger partial charge in [0.2, 0.25) is 0 Å².